The van der Waals surface area contributed by atoms with Crippen molar-refractivity contribution in [3.8, 4) is 5.75 Å². The van der Waals surface area contributed by atoms with Crippen molar-refractivity contribution in [1.29, 1.82) is 0 Å². The monoisotopic (exact) mass is 400 g/mol. The Morgan fingerprint density at radius 2 is 1.62 bits per heavy atom. The third kappa shape index (κ3) is 7.07. The predicted octanol–water partition coefficient (Wildman–Crippen LogP) is 3.78. The van der Waals surface area contributed by atoms with E-state index in [9.17, 15) is 4.79 Å². The number of anilines is 1. The van der Waals surface area contributed by atoms with Crippen molar-refractivity contribution in [2.45, 2.75) is 33.1 Å². The number of carbonyl (C=O) groups is 1. The van der Waals surface area contributed by atoms with Gasteiger partial charge in [-0.05, 0) is 39.0 Å². The molecule has 0 fully saturated rings. The summed E-state index contributed by atoms with van der Waals surface area (Å²) in [5.41, 5.74) is 1.88. The van der Waals surface area contributed by atoms with Crippen LogP contribution in [-0.2, 0) is 14.3 Å². The second-order valence-corrected chi connectivity index (χ2v) is 6.59. The molecule has 0 saturated carbocycles. The molecule has 0 radical (unpaired) electrons. The number of ether oxygens (including phenoxy) is 3. The van der Waals surface area contributed by atoms with Gasteiger partial charge >= 0.3 is 0 Å². The highest BCUT2D eigenvalue weighted by Crippen LogP contribution is 2.24. The molecule has 2 aromatic rings. The summed E-state index contributed by atoms with van der Waals surface area (Å²) in [6.07, 6.45) is -0.398. The average Bonchev–Trinajstić information content (AvgIpc) is 2.74. The Labute approximate surface area is 173 Å². The summed E-state index contributed by atoms with van der Waals surface area (Å²) in [4.78, 5) is 14.8. The Hall–Kier alpha value is -2.57. The maximum Gasteiger partial charge on any atom is 0.239 e. The van der Waals surface area contributed by atoms with E-state index in [2.05, 4.69) is 5.32 Å². The van der Waals surface area contributed by atoms with Crippen LogP contribution in [0.25, 0.3) is 0 Å². The van der Waals surface area contributed by atoms with Crippen LogP contribution in [0.2, 0.25) is 0 Å². The maximum atomic E-state index is 12.8. The maximum absolute atomic E-state index is 12.8. The fraction of sp³-hybridized carbons (Fsp3) is 0.435. The van der Waals surface area contributed by atoms with Gasteiger partial charge in [-0.25, -0.2) is 0 Å². The molecular weight excluding hydrogens is 368 g/mol. The number of nitrogens with one attached hydrogen (secondary N) is 1. The molecule has 0 heterocycles. The van der Waals surface area contributed by atoms with Gasteiger partial charge in [-0.15, -0.1) is 0 Å². The zero-order valence-electron chi connectivity index (χ0n) is 17.8. The second kappa shape index (κ2) is 12.1. The summed E-state index contributed by atoms with van der Waals surface area (Å²) in [7, 11) is 1.63. The molecule has 0 aliphatic heterocycles. The predicted molar refractivity (Wildman–Crippen MR) is 115 cm³/mol. The van der Waals surface area contributed by atoms with E-state index in [-0.39, 0.29) is 18.5 Å². The average molecular weight is 401 g/mol. The van der Waals surface area contributed by atoms with Crippen LogP contribution in [0, 0.1) is 0 Å². The van der Waals surface area contributed by atoms with Crippen molar-refractivity contribution in [2.24, 2.45) is 0 Å². The molecule has 1 amide bonds. The van der Waals surface area contributed by atoms with E-state index >= 15 is 0 Å². The highest BCUT2D eigenvalue weighted by molar-refractivity contribution is 5.81. The summed E-state index contributed by atoms with van der Waals surface area (Å²) in [5, 5.41) is 3.07. The number of methoxy groups -OCH3 is 1. The summed E-state index contributed by atoms with van der Waals surface area (Å²) < 4.78 is 16.8. The summed E-state index contributed by atoms with van der Waals surface area (Å²) >= 11 is 0. The van der Waals surface area contributed by atoms with Gasteiger partial charge in [0.1, 0.15) is 5.75 Å². The number of hydrogen-bond acceptors (Lipinski definition) is 5. The first-order chi connectivity index (χ1) is 14.1. The topological polar surface area (TPSA) is 60.0 Å². The molecular formula is C23H32N2O4. The molecule has 0 saturated heterocycles. The van der Waals surface area contributed by atoms with Crippen LogP contribution >= 0.6 is 0 Å². The van der Waals surface area contributed by atoms with Gasteiger partial charge < -0.3 is 24.4 Å². The van der Waals surface area contributed by atoms with Crippen LogP contribution in [-0.4, -0.2) is 45.6 Å². The minimum atomic E-state index is -0.398. The van der Waals surface area contributed by atoms with Gasteiger partial charge in [-0.2, -0.15) is 0 Å². The quantitative estimate of drug-likeness (QED) is 0.550. The van der Waals surface area contributed by atoms with Crippen molar-refractivity contribution in [3.63, 3.8) is 0 Å². The van der Waals surface area contributed by atoms with E-state index < -0.39 is 6.29 Å². The smallest absolute Gasteiger partial charge is 0.239 e. The number of amides is 1. The van der Waals surface area contributed by atoms with Crippen molar-refractivity contribution in [2.75, 3.05) is 38.3 Å². The Kier molecular flexibility index (Phi) is 9.47. The highest BCUT2D eigenvalue weighted by atomic mass is 16.7. The third-order valence-electron chi connectivity index (χ3n) is 4.51. The van der Waals surface area contributed by atoms with Gasteiger partial charge in [0, 0.05) is 24.5 Å². The Morgan fingerprint density at radius 1 is 1.00 bits per heavy atom. The Balaban J connectivity index is 2.10. The van der Waals surface area contributed by atoms with Gasteiger partial charge in [0.2, 0.25) is 5.91 Å². The summed E-state index contributed by atoms with van der Waals surface area (Å²) in [6.45, 7) is 7.56. The van der Waals surface area contributed by atoms with E-state index in [1.54, 1.807) is 7.11 Å². The SMILES string of the molecule is CCOC(CN(CC(=O)N[C@H](C)c1ccccc1OC)c1ccccc1)OCC. The van der Waals surface area contributed by atoms with Crippen molar-refractivity contribution in [3.05, 3.63) is 60.2 Å². The zero-order chi connectivity index (χ0) is 21.1. The fourth-order valence-electron chi connectivity index (χ4n) is 3.17. The van der Waals surface area contributed by atoms with Gasteiger partial charge in [0.25, 0.3) is 0 Å². The molecule has 2 rings (SSSR count). The minimum absolute atomic E-state index is 0.0843. The molecule has 0 bridgehead atoms. The Morgan fingerprint density at radius 3 is 2.24 bits per heavy atom. The van der Waals surface area contributed by atoms with Crippen LogP contribution < -0.4 is 15.0 Å². The second-order valence-electron chi connectivity index (χ2n) is 6.59. The molecule has 1 atom stereocenters. The molecule has 0 unspecified atom stereocenters. The lowest BCUT2D eigenvalue weighted by molar-refractivity contribution is -0.130. The lowest BCUT2D eigenvalue weighted by Crippen LogP contribution is -2.43. The molecule has 0 aliphatic rings. The van der Waals surface area contributed by atoms with Crippen molar-refractivity contribution >= 4 is 11.6 Å². The van der Waals surface area contributed by atoms with Crippen molar-refractivity contribution < 1.29 is 19.0 Å². The van der Waals surface area contributed by atoms with Crippen LogP contribution in [0.4, 0.5) is 5.69 Å². The van der Waals surface area contributed by atoms with Gasteiger partial charge in [-0.3, -0.25) is 4.79 Å². The summed E-state index contributed by atoms with van der Waals surface area (Å²) in [5.74, 6) is 0.673. The van der Waals surface area contributed by atoms with Crippen LogP contribution in [0.15, 0.2) is 54.6 Å². The molecule has 0 aromatic heterocycles. The van der Waals surface area contributed by atoms with E-state index in [1.165, 1.54) is 0 Å². The number of para-hydroxylation sites is 2. The third-order valence-corrected chi connectivity index (χ3v) is 4.51. The van der Waals surface area contributed by atoms with Crippen molar-refractivity contribution in [1.82, 2.24) is 5.32 Å². The first kappa shape index (κ1) is 22.7. The van der Waals surface area contributed by atoms with E-state index in [0.29, 0.717) is 19.8 Å². The molecule has 1 N–H and O–H groups in total. The lowest BCUT2D eigenvalue weighted by atomic mass is 10.1. The molecule has 2 aromatic carbocycles. The van der Waals surface area contributed by atoms with E-state index in [0.717, 1.165) is 17.0 Å². The highest BCUT2D eigenvalue weighted by Gasteiger charge is 2.20. The van der Waals surface area contributed by atoms with Crippen LogP contribution in [0.1, 0.15) is 32.4 Å². The molecule has 0 spiro atoms. The zero-order valence-corrected chi connectivity index (χ0v) is 17.8. The first-order valence-electron chi connectivity index (χ1n) is 10.0. The number of carbonyl (C=O) groups excluding carboxylic acids is 1. The van der Waals surface area contributed by atoms with Gasteiger partial charge in [-0.1, -0.05) is 36.4 Å². The lowest BCUT2D eigenvalue weighted by Gasteiger charge is -2.29. The number of rotatable bonds is 12. The van der Waals surface area contributed by atoms with Crippen LogP contribution in [0.3, 0.4) is 0 Å². The molecule has 158 valence electrons. The Bertz CT molecular complexity index is 733. The largest absolute Gasteiger partial charge is 0.496 e. The van der Waals surface area contributed by atoms with Gasteiger partial charge in [0.05, 0.1) is 26.2 Å². The van der Waals surface area contributed by atoms with Crippen LogP contribution in [0.5, 0.6) is 5.75 Å². The van der Waals surface area contributed by atoms with Gasteiger partial charge in [0.15, 0.2) is 6.29 Å². The fourth-order valence-corrected chi connectivity index (χ4v) is 3.17. The number of benzene rings is 2. The molecule has 29 heavy (non-hydrogen) atoms. The number of nitrogens with zero attached hydrogens (tertiary/aromatic N) is 1. The minimum Gasteiger partial charge on any atom is -0.496 e. The molecule has 6 heteroatoms. The van der Waals surface area contributed by atoms with E-state index in [4.69, 9.17) is 14.2 Å². The summed E-state index contributed by atoms with van der Waals surface area (Å²) in [6, 6.07) is 17.3. The first-order valence-corrected chi connectivity index (χ1v) is 10.0. The number of hydrogen-bond donors (Lipinski definition) is 1. The molecule has 0 aliphatic carbocycles. The normalized spacial score (nSPS) is 11.9. The standard InChI is InChI=1S/C23H32N2O4/c1-5-28-23(29-6-2)17-25(19-12-8-7-9-13-19)16-22(26)24-18(3)20-14-10-11-15-21(20)27-4/h7-15,18,23H,5-6,16-17H2,1-4H3,(H,24,26)/t18-/m1/s1. The molecule has 6 nitrogen and oxygen atoms in total. The van der Waals surface area contributed by atoms with E-state index in [1.807, 2.05) is 80.3 Å².